The largest absolute Gasteiger partial charge is 0.473 e. The first-order valence-corrected chi connectivity index (χ1v) is 10.6. The van der Waals surface area contributed by atoms with Gasteiger partial charge in [0.2, 0.25) is 11.8 Å². The van der Waals surface area contributed by atoms with Crippen LogP contribution in [0.5, 0.6) is 11.8 Å². The van der Waals surface area contributed by atoms with E-state index in [9.17, 15) is 9.90 Å². The van der Waals surface area contributed by atoms with Gasteiger partial charge in [-0.25, -0.2) is 4.98 Å². The number of fused-ring (bicyclic) bond motifs is 1. The number of pyridine rings is 2. The van der Waals surface area contributed by atoms with Crippen LogP contribution in [0.15, 0.2) is 36.7 Å². The number of hydrogen-bond donors (Lipinski definition) is 2. The molecular formula is C23H25N5O4. The quantitative estimate of drug-likeness (QED) is 0.634. The summed E-state index contributed by atoms with van der Waals surface area (Å²) >= 11 is 0. The number of ether oxygens (including phenoxy) is 2. The minimum atomic E-state index is -0.395. The van der Waals surface area contributed by atoms with Crippen LogP contribution in [-0.2, 0) is 13.5 Å². The van der Waals surface area contributed by atoms with Crippen molar-refractivity contribution >= 4 is 11.7 Å². The molecule has 9 nitrogen and oxygen atoms in total. The molecule has 1 amide bonds. The third kappa shape index (κ3) is 4.03. The summed E-state index contributed by atoms with van der Waals surface area (Å²) in [7, 11) is 1.84. The highest BCUT2D eigenvalue weighted by atomic mass is 16.5. The standard InChI is InChI=1S/C23H25N5O4/c1-23(2)10-13-7-17(22(27-21(13)32-23)31-16-8-15(29)9-16)20(30)26-19-6-4-5-18(25-19)14-11-24-28(3)12-14/h4-7,11-12,15-16,29H,8-10H2,1-3H3,(H,25,26,30)/t15-,16+. The molecule has 0 unspecified atom stereocenters. The van der Waals surface area contributed by atoms with Gasteiger partial charge in [0.15, 0.2) is 0 Å². The minimum Gasteiger partial charge on any atom is -0.473 e. The van der Waals surface area contributed by atoms with Crippen molar-refractivity contribution in [3.63, 3.8) is 0 Å². The van der Waals surface area contributed by atoms with Crippen molar-refractivity contribution < 1.29 is 19.4 Å². The fourth-order valence-electron chi connectivity index (χ4n) is 3.94. The lowest BCUT2D eigenvalue weighted by molar-refractivity contribution is -0.0134. The van der Waals surface area contributed by atoms with E-state index < -0.39 is 5.60 Å². The molecule has 1 aliphatic carbocycles. The van der Waals surface area contributed by atoms with Crippen LogP contribution in [0.2, 0.25) is 0 Å². The summed E-state index contributed by atoms with van der Waals surface area (Å²) < 4.78 is 13.6. The van der Waals surface area contributed by atoms with E-state index in [1.165, 1.54) is 0 Å². The molecule has 2 N–H and O–H groups in total. The van der Waals surface area contributed by atoms with Crippen LogP contribution in [0.4, 0.5) is 5.82 Å². The van der Waals surface area contributed by atoms with Crippen molar-refractivity contribution in [1.29, 1.82) is 0 Å². The Morgan fingerprint density at radius 1 is 1.31 bits per heavy atom. The smallest absolute Gasteiger partial charge is 0.262 e. The highest BCUT2D eigenvalue weighted by Crippen LogP contribution is 2.38. The van der Waals surface area contributed by atoms with Crippen LogP contribution < -0.4 is 14.8 Å². The number of aryl methyl sites for hydroxylation is 1. The van der Waals surface area contributed by atoms with E-state index in [0.717, 1.165) is 11.1 Å². The van der Waals surface area contributed by atoms with Gasteiger partial charge in [-0.05, 0) is 32.0 Å². The number of aliphatic hydroxyl groups excluding tert-OH is 1. The van der Waals surface area contributed by atoms with Crippen molar-refractivity contribution in [3.05, 3.63) is 47.8 Å². The van der Waals surface area contributed by atoms with E-state index in [4.69, 9.17) is 9.47 Å². The first kappa shape index (κ1) is 20.4. The van der Waals surface area contributed by atoms with Gasteiger partial charge in [-0.15, -0.1) is 0 Å². The van der Waals surface area contributed by atoms with Crippen molar-refractivity contribution in [2.75, 3.05) is 5.32 Å². The Bertz CT molecular complexity index is 1180. The van der Waals surface area contributed by atoms with Crippen molar-refractivity contribution in [2.45, 2.75) is 50.9 Å². The molecule has 4 heterocycles. The number of rotatable bonds is 5. The topological polar surface area (TPSA) is 111 Å². The molecule has 1 fully saturated rings. The SMILES string of the molecule is Cn1cc(-c2cccc(NC(=O)c3cc4c(nc3O[C@H]3C[C@@H](O)C3)OC(C)(C)C4)n2)cn1. The Labute approximate surface area is 185 Å². The van der Waals surface area contributed by atoms with Gasteiger partial charge in [0.05, 0.1) is 18.0 Å². The van der Waals surface area contributed by atoms with Crippen LogP contribution in [0.3, 0.4) is 0 Å². The number of aromatic nitrogens is 4. The van der Waals surface area contributed by atoms with Gasteiger partial charge in [0, 0.05) is 43.6 Å². The zero-order valence-electron chi connectivity index (χ0n) is 18.2. The molecule has 0 atom stereocenters. The summed E-state index contributed by atoms with van der Waals surface area (Å²) in [6, 6.07) is 7.20. The molecule has 0 saturated heterocycles. The highest BCUT2D eigenvalue weighted by Gasteiger charge is 2.35. The lowest BCUT2D eigenvalue weighted by Gasteiger charge is -2.31. The normalized spacial score (nSPS) is 20.8. The molecular weight excluding hydrogens is 410 g/mol. The van der Waals surface area contributed by atoms with E-state index >= 15 is 0 Å². The number of carbonyl (C=O) groups is 1. The Hall–Kier alpha value is -3.46. The summed E-state index contributed by atoms with van der Waals surface area (Å²) in [6.45, 7) is 3.95. The number of amides is 1. The van der Waals surface area contributed by atoms with Crippen LogP contribution in [0.25, 0.3) is 11.3 Å². The molecule has 1 saturated carbocycles. The Morgan fingerprint density at radius 2 is 2.12 bits per heavy atom. The second kappa shape index (κ2) is 7.59. The molecule has 3 aromatic heterocycles. The van der Waals surface area contributed by atoms with Crippen molar-refractivity contribution in [1.82, 2.24) is 19.7 Å². The summed E-state index contributed by atoms with van der Waals surface area (Å²) in [5, 5.41) is 16.6. The van der Waals surface area contributed by atoms with E-state index in [0.29, 0.717) is 42.2 Å². The zero-order chi connectivity index (χ0) is 22.5. The average Bonchev–Trinajstić information content (AvgIpc) is 3.27. The van der Waals surface area contributed by atoms with Crippen LogP contribution in [0.1, 0.15) is 42.6 Å². The number of aliphatic hydroxyl groups is 1. The summed E-state index contributed by atoms with van der Waals surface area (Å²) in [5.41, 5.74) is 2.35. The van der Waals surface area contributed by atoms with Crippen LogP contribution >= 0.6 is 0 Å². The minimum absolute atomic E-state index is 0.177. The van der Waals surface area contributed by atoms with Gasteiger partial charge in [-0.2, -0.15) is 10.1 Å². The molecule has 2 aliphatic rings. The van der Waals surface area contributed by atoms with Crippen LogP contribution in [0, 0.1) is 0 Å². The summed E-state index contributed by atoms with van der Waals surface area (Å²) in [6.07, 6.45) is 4.71. The first-order chi connectivity index (χ1) is 15.3. The van der Waals surface area contributed by atoms with Crippen LogP contribution in [-0.4, -0.2) is 48.6 Å². The Morgan fingerprint density at radius 3 is 2.84 bits per heavy atom. The summed E-state index contributed by atoms with van der Waals surface area (Å²) in [5.74, 6) is 0.742. The maximum absolute atomic E-state index is 13.2. The molecule has 0 radical (unpaired) electrons. The van der Waals surface area contributed by atoms with Gasteiger partial charge >= 0.3 is 0 Å². The van der Waals surface area contributed by atoms with Gasteiger partial charge in [-0.1, -0.05) is 6.07 Å². The third-order valence-electron chi connectivity index (χ3n) is 5.60. The van der Waals surface area contributed by atoms with Gasteiger partial charge in [0.1, 0.15) is 23.1 Å². The molecule has 166 valence electrons. The van der Waals surface area contributed by atoms with Crippen molar-refractivity contribution in [3.8, 4) is 23.0 Å². The predicted octanol–water partition coefficient (Wildman–Crippen LogP) is 2.75. The average molecular weight is 435 g/mol. The monoisotopic (exact) mass is 435 g/mol. The Kier molecular flexibility index (Phi) is 4.85. The molecule has 32 heavy (non-hydrogen) atoms. The van der Waals surface area contributed by atoms with Gasteiger partial charge in [0.25, 0.3) is 5.91 Å². The molecule has 3 aromatic rings. The first-order valence-electron chi connectivity index (χ1n) is 10.6. The third-order valence-corrected chi connectivity index (χ3v) is 5.60. The van der Waals surface area contributed by atoms with Gasteiger partial charge in [-0.3, -0.25) is 9.48 Å². The number of anilines is 1. The van der Waals surface area contributed by atoms with Crippen molar-refractivity contribution in [2.24, 2.45) is 7.05 Å². The number of nitrogens with zero attached hydrogens (tertiary/aromatic N) is 4. The molecule has 0 bridgehead atoms. The molecule has 0 spiro atoms. The number of nitrogens with one attached hydrogen (secondary N) is 1. The lowest BCUT2D eigenvalue weighted by Crippen LogP contribution is -2.38. The Balaban J connectivity index is 1.42. The van der Waals surface area contributed by atoms with E-state index in [2.05, 4.69) is 20.4 Å². The fraction of sp³-hybridized carbons (Fsp3) is 0.391. The highest BCUT2D eigenvalue weighted by molar-refractivity contribution is 6.05. The molecule has 9 heteroatoms. The van der Waals surface area contributed by atoms with Gasteiger partial charge < -0.3 is 19.9 Å². The maximum Gasteiger partial charge on any atom is 0.262 e. The predicted molar refractivity (Wildman–Crippen MR) is 117 cm³/mol. The number of hydrogen-bond acceptors (Lipinski definition) is 7. The lowest BCUT2D eigenvalue weighted by atomic mass is 9.92. The molecule has 5 rings (SSSR count). The second-order valence-electron chi connectivity index (χ2n) is 8.97. The number of carbonyl (C=O) groups excluding carboxylic acids is 1. The second-order valence-corrected chi connectivity index (χ2v) is 8.97. The van der Waals surface area contributed by atoms with E-state index in [1.54, 1.807) is 23.0 Å². The fourth-order valence-corrected chi connectivity index (χ4v) is 3.94. The molecule has 0 aromatic carbocycles. The summed E-state index contributed by atoms with van der Waals surface area (Å²) in [4.78, 5) is 22.3. The van der Waals surface area contributed by atoms with E-state index in [-0.39, 0.29) is 24.0 Å². The zero-order valence-corrected chi connectivity index (χ0v) is 18.2. The van der Waals surface area contributed by atoms with E-state index in [1.807, 2.05) is 39.2 Å². The maximum atomic E-state index is 13.2. The molecule has 1 aliphatic heterocycles.